The van der Waals surface area contributed by atoms with Crippen LogP contribution in [0.25, 0.3) is 0 Å². The Kier molecular flexibility index (Phi) is 3.74. The van der Waals surface area contributed by atoms with Crippen LogP contribution in [0.15, 0.2) is 18.2 Å². The molecular weight excluding hydrogens is 270 g/mol. The van der Waals surface area contributed by atoms with Gasteiger partial charge < -0.3 is 14.9 Å². The molecule has 108 valence electrons. The fraction of sp³-hybridized carbons (Fsp3) is 0.375. The van der Waals surface area contributed by atoms with Crippen molar-refractivity contribution in [3.8, 4) is 17.9 Å². The lowest BCUT2D eigenvalue weighted by molar-refractivity contribution is -0.158. The van der Waals surface area contributed by atoms with Crippen LogP contribution >= 0.6 is 0 Å². The number of carbonyl (C=O) groups is 1. The van der Waals surface area contributed by atoms with E-state index in [1.807, 2.05) is 6.07 Å². The minimum atomic E-state index is -1.57. The molecule has 0 spiro atoms. The number of rotatable bonds is 2. The Morgan fingerprint density at radius 3 is 2.62 bits per heavy atom. The van der Waals surface area contributed by atoms with E-state index in [1.165, 1.54) is 6.92 Å². The molecule has 0 bridgehead atoms. The molecular formula is C16H15NO4. The Morgan fingerprint density at radius 1 is 1.48 bits per heavy atom. The van der Waals surface area contributed by atoms with Crippen molar-refractivity contribution in [1.82, 2.24) is 0 Å². The molecule has 1 fully saturated rings. The van der Waals surface area contributed by atoms with Gasteiger partial charge in [-0.3, -0.25) is 0 Å². The van der Waals surface area contributed by atoms with Gasteiger partial charge in [0.1, 0.15) is 11.0 Å². The van der Waals surface area contributed by atoms with Gasteiger partial charge in [-0.25, -0.2) is 4.79 Å². The van der Waals surface area contributed by atoms with Crippen molar-refractivity contribution in [2.24, 2.45) is 5.41 Å². The lowest BCUT2D eigenvalue weighted by Crippen LogP contribution is -2.57. The third-order valence-corrected chi connectivity index (χ3v) is 3.77. The van der Waals surface area contributed by atoms with Crippen LogP contribution < -0.4 is 0 Å². The number of nitrogens with zero attached hydrogens (tertiary/aromatic N) is 1. The van der Waals surface area contributed by atoms with Crippen molar-refractivity contribution in [3.63, 3.8) is 0 Å². The molecule has 0 unspecified atom stereocenters. The molecule has 5 nitrogen and oxygen atoms in total. The number of aryl methyl sites for hydroxylation is 1. The van der Waals surface area contributed by atoms with Gasteiger partial charge in [-0.1, -0.05) is 24.0 Å². The Labute approximate surface area is 122 Å². The third-order valence-electron chi connectivity index (χ3n) is 3.77. The molecule has 2 rings (SSSR count). The molecule has 1 saturated heterocycles. The van der Waals surface area contributed by atoms with Crippen LogP contribution in [0.2, 0.25) is 0 Å². The number of ether oxygens (including phenoxy) is 1. The molecule has 0 aromatic heterocycles. The summed E-state index contributed by atoms with van der Waals surface area (Å²) >= 11 is 0. The van der Waals surface area contributed by atoms with Crippen molar-refractivity contribution in [1.29, 1.82) is 5.26 Å². The SMILES string of the molecule is Cc1cccc(C#C[C@](C)(O)C2(C#N)COC2)c1C(=O)O. The minimum Gasteiger partial charge on any atom is -0.478 e. The maximum absolute atomic E-state index is 11.3. The molecule has 1 heterocycles. The van der Waals surface area contributed by atoms with Crippen LogP contribution in [0.4, 0.5) is 0 Å². The first kappa shape index (κ1) is 15.1. The van der Waals surface area contributed by atoms with Gasteiger partial charge >= 0.3 is 5.97 Å². The predicted molar refractivity (Wildman–Crippen MR) is 74.5 cm³/mol. The molecule has 2 N–H and O–H groups in total. The Morgan fingerprint density at radius 2 is 2.14 bits per heavy atom. The molecule has 1 aromatic carbocycles. The first-order chi connectivity index (χ1) is 9.83. The molecule has 1 aliphatic rings. The molecule has 0 saturated carbocycles. The van der Waals surface area contributed by atoms with Gasteiger partial charge in [0.25, 0.3) is 0 Å². The lowest BCUT2D eigenvalue weighted by atomic mass is 9.72. The first-order valence-electron chi connectivity index (χ1n) is 6.40. The fourth-order valence-electron chi connectivity index (χ4n) is 2.13. The van der Waals surface area contributed by atoms with Gasteiger partial charge in [-0.2, -0.15) is 5.26 Å². The molecule has 21 heavy (non-hydrogen) atoms. The number of carboxylic acids is 1. The van der Waals surface area contributed by atoms with Gasteiger partial charge in [0.05, 0.1) is 24.8 Å². The van der Waals surface area contributed by atoms with E-state index < -0.39 is 17.0 Å². The van der Waals surface area contributed by atoms with E-state index in [0.29, 0.717) is 11.1 Å². The van der Waals surface area contributed by atoms with E-state index in [1.54, 1.807) is 25.1 Å². The van der Waals surface area contributed by atoms with Gasteiger partial charge in [0.15, 0.2) is 0 Å². The highest BCUT2D eigenvalue weighted by Gasteiger charge is 2.53. The summed E-state index contributed by atoms with van der Waals surface area (Å²) in [4.78, 5) is 11.3. The van der Waals surface area contributed by atoms with Crippen molar-refractivity contribution in [3.05, 3.63) is 34.9 Å². The average Bonchev–Trinajstić information content (AvgIpc) is 2.35. The average molecular weight is 285 g/mol. The van der Waals surface area contributed by atoms with Crippen LogP contribution in [0, 0.1) is 35.5 Å². The summed E-state index contributed by atoms with van der Waals surface area (Å²) in [6.07, 6.45) is 0. The van der Waals surface area contributed by atoms with E-state index in [9.17, 15) is 20.3 Å². The third kappa shape index (κ3) is 2.50. The van der Waals surface area contributed by atoms with E-state index in [2.05, 4.69) is 11.8 Å². The molecule has 0 aliphatic carbocycles. The summed E-state index contributed by atoms with van der Waals surface area (Å²) in [6.45, 7) is 3.36. The topological polar surface area (TPSA) is 90.5 Å². The summed E-state index contributed by atoms with van der Waals surface area (Å²) in [6, 6.07) is 7.01. The second-order valence-electron chi connectivity index (χ2n) is 5.31. The van der Waals surface area contributed by atoms with Crippen molar-refractivity contribution in [2.45, 2.75) is 19.4 Å². The number of hydrogen-bond acceptors (Lipinski definition) is 4. The Bertz CT molecular complexity index is 684. The Hall–Kier alpha value is -2.34. The summed E-state index contributed by atoms with van der Waals surface area (Å²) in [5, 5.41) is 28.9. The van der Waals surface area contributed by atoms with E-state index in [0.717, 1.165) is 0 Å². The number of aliphatic hydroxyl groups is 1. The van der Waals surface area contributed by atoms with E-state index in [4.69, 9.17) is 4.74 Å². The standard InChI is InChI=1S/C16H15NO4/c1-11-4-3-5-12(13(11)14(18)19)6-7-15(2,20)16(8-17)9-21-10-16/h3-5,20H,9-10H2,1-2H3,(H,18,19)/t15-/m0/s1. The van der Waals surface area contributed by atoms with Gasteiger partial charge in [0.2, 0.25) is 0 Å². The molecule has 5 heteroatoms. The van der Waals surface area contributed by atoms with Gasteiger partial charge in [-0.15, -0.1) is 0 Å². The molecule has 1 atom stereocenters. The quantitative estimate of drug-likeness (QED) is 0.800. The molecule has 1 aliphatic heterocycles. The molecule has 1 aromatic rings. The maximum Gasteiger partial charge on any atom is 0.337 e. The number of carboxylic acid groups (broad SMARTS) is 1. The van der Waals surface area contributed by atoms with Crippen molar-refractivity contribution >= 4 is 5.97 Å². The fourth-order valence-corrected chi connectivity index (χ4v) is 2.13. The first-order valence-corrected chi connectivity index (χ1v) is 6.40. The predicted octanol–water partition coefficient (Wildman–Crippen LogP) is 1.34. The highest BCUT2D eigenvalue weighted by Crippen LogP contribution is 2.38. The summed E-state index contributed by atoms with van der Waals surface area (Å²) in [5.74, 6) is 4.26. The number of nitriles is 1. The highest BCUT2D eigenvalue weighted by atomic mass is 16.5. The zero-order valence-electron chi connectivity index (χ0n) is 11.8. The summed E-state index contributed by atoms with van der Waals surface area (Å²) < 4.78 is 5.00. The van der Waals surface area contributed by atoms with Crippen LogP contribution in [0.5, 0.6) is 0 Å². The van der Waals surface area contributed by atoms with E-state index in [-0.39, 0.29) is 18.8 Å². The number of aromatic carboxylic acids is 1. The molecule has 0 radical (unpaired) electrons. The van der Waals surface area contributed by atoms with Crippen molar-refractivity contribution < 1.29 is 19.7 Å². The van der Waals surface area contributed by atoms with Gasteiger partial charge in [0, 0.05) is 5.56 Å². The highest BCUT2D eigenvalue weighted by molar-refractivity contribution is 5.92. The smallest absolute Gasteiger partial charge is 0.337 e. The van der Waals surface area contributed by atoms with Crippen LogP contribution in [-0.4, -0.2) is 35.0 Å². The second kappa shape index (κ2) is 5.21. The minimum absolute atomic E-state index is 0.108. The van der Waals surface area contributed by atoms with Gasteiger partial charge in [-0.05, 0) is 25.5 Å². The number of hydrogen-bond donors (Lipinski definition) is 2. The maximum atomic E-state index is 11.3. The van der Waals surface area contributed by atoms with Crippen molar-refractivity contribution in [2.75, 3.05) is 13.2 Å². The van der Waals surface area contributed by atoms with Crippen LogP contribution in [0.3, 0.4) is 0 Å². The monoisotopic (exact) mass is 285 g/mol. The largest absolute Gasteiger partial charge is 0.478 e. The summed E-state index contributed by atoms with van der Waals surface area (Å²) in [7, 11) is 0. The van der Waals surface area contributed by atoms with E-state index >= 15 is 0 Å². The second-order valence-corrected chi connectivity index (χ2v) is 5.31. The zero-order valence-corrected chi connectivity index (χ0v) is 11.8. The normalized spacial score (nSPS) is 18.4. The molecule has 0 amide bonds. The van der Waals surface area contributed by atoms with Crippen LogP contribution in [0.1, 0.15) is 28.4 Å². The zero-order chi connectivity index (χ0) is 15.7. The summed E-state index contributed by atoms with van der Waals surface area (Å²) in [5.41, 5.74) is -1.61. The lowest BCUT2D eigenvalue weighted by Gasteiger charge is -2.42. The Balaban J connectivity index is 2.43. The number of benzene rings is 1. The van der Waals surface area contributed by atoms with Crippen LogP contribution in [-0.2, 0) is 4.74 Å².